The van der Waals surface area contributed by atoms with Gasteiger partial charge in [0.2, 0.25) is 11.0 Å². The molecule has 0 radical (unpaired) electrons. The molecule has 0 bridgehead atoms. The molecule has 3 aromatic rings. The second-order valence-corrected chi connectivity index (χ2v) is 9.01. The van der Waals surface area contributed by atoms with Gasteiger partial charge in [0.15, 0.2) is 11.6 Å². The van der Waals surface area contributed by atoms with Crippen molar-refractivity contribution in [3.05, 3.63) is 46.6 Å². The highest BCUT2D eigenvalue weighted by Crippen LogP contribution is 2.35. The van der Waals surface area contributed by atoms with Crippen LogP contribution in [-0.2, 0) is 11.0 Å². The molecule has 0 unspecified atom stereocenters. The first-order valence-corrected chi connectivity index (χ1v) is 11.5. The van der Waals surface area contributed by atoms with E-state index >= 15 is 0 Å². The minimum absolute atomic E-state index is 0.0686. The Morgan fingerprint density at radius 2 is 2.00 bits per heavy atom. The van der Waals surface area contributed by atoms with Crippen molar-refractivity contribution in [2.45, 2.75) is 31.9 Å². The van der Waals surface area contributed by atoms with Crippen LogP contribution in [0.5, 0.6) is 11.5 Å². The van der Waals surface area contributed by atoms with E-state index in [9.17, 15) is 18.0 Å². The van der Waals surface area contributed by atoms with E-state index in [1.807, 2.05) is 4.90 Å². The van der Waals surface area contributed by atoms with Gasteiger partial charge in [0.25, 0.3) is 0 Å². The molecule has 13 heteroatoms. The van der Waals surface area contributed by atoms with Crippen LogP contribution >= 0.6 is 27.5 Å². The topological polar surface area (TPSA) is 93.1 Å². The van der Waals surface area contributed by atoms with Crippen molar-refractivity contribution < 1.29 is 22.7 Å². The monoisotopic (exact) mass is 542 g/mol. The normalized spacial score (nSPS) is 14.9. The number of anilines is 2. The average molecular weight is 543 g/mol. The third kappa shape index (κ3) is 5.77. The summed E-state index contributed by atoms with van der Waals surface area (Å²) < 4.78 is 49.0. The van der Waals surface area contributed by atoms with Crippen LogP contribution in [0.2, 0.25) is 0 Å². The summed E-state index contributed by atoms with van der Waals surface area (Å²) in [7, 11) is 0. The zero-order valence-electron chi connectivity index (χ0n) is 17.3. The van der Waals surface area contributed by atoms with E-state index in [0.29, 0.717) is 34.3 Å². The first kappa shape index (κ1) is 23.4. The number of amides is 1. The third-order valence-corrected chi connectivity index (χ3v) is 6.12. The molecule has 1 aliphatic heterocycles. The number of nitrogens with zero attached hydrogens (tertiary/aromatic N) is 5. The van der Waals surface area contributed by atoms with Crippen molar-refractivity contribution in [1.29, 1.82) is 0 Å². The molecule has 0 aliphatic carbocycles. The van der Waals surface area contributed by atoms with Gasteiger partial charge in [-0.3, -0.25) is 4.79 Å². The van der Waals surface area contributed by atoms with E-state index in [0.717, 1.165) is 25.1 Å². The van der Waals surface area contributed by atoms with Crippen LogP contribution in [0.4, 0.5) is 24.1 Å². The van der Waals surface area contributed by atoms with Crippen LogP contribution in [-0.4, -0.2) is 43.2 Å². The number of pyridine rings is 2. The molecule has 174 valence electrons. The highest BCUT2D eigenvalue weighted by Gasteiger charge is 2.32. The van der Waals surface area contributed by atoms with E-state index in [4.69, 9.17) is 4.74 Å². The Balaban J connectivity index is 1.47. The largest absolute Gasteiger partial charge is 0.452 e. The van der Waals surface area contributed by atoms with Crippen molar-refractivity contribution in [3.63, 3.8) is 0 Å². The van der Waals surface area contributed by atoms with E-state index in [1.54, 1.807) is 19.2 Å². The van der Waals surface area contributed by atoms with E-state index in [-0.39, 0.29) is 23.3 Å². The number of likely N-dealkylation sites (tertiary alicyclic amines) is 1. The summed E-state index contributed by atoms with van der Waals surface area (Å²) in [4.78, 5) is 25.6. The summed E-state index contributed by atoms with van der Waals surface area (Å²) in [5, 5.41) is 3.57. The molecule has 33 heavy (non-hydrogen) atoms. The molecule has 1 saturated heterocycles. The summed E-state index contributed by atoms with van der Waals surface area (Å²) >= 11 is 4.49. The highest BCUT2D eigenvalue weighted by molar-refractivity contribution is 9.10. The molecule has 0 atom stereocenters. The molecule has 4 rings (SSSR count). The standard InChI is InChI=1S/C20H18BrF3N6O2S/c1-11(31)30-6-4-12(5-7-30)17-27-19(33-29-17)28-18-15(8-13(21)9-26-18)32-14-2-3-16(25-10-14)20(22,23)24/h2-3,8-10,12H,4-7H2,1H3,(H,26,27,28,29). The first-order chi connectivity index (χ1) is 15.7. The number of hydrogen-bond donors (Lipinski definition) is 1. The first-order valence-electron chi connectivity index (χ1n) is 9.92. The van der Waals surface area contributed by atoms with E-state index in [2.05, 4.69) is 40.6 Å². The number of hydrogen-bond acceptors (Lipinski definition) is 8. The van der Waals surface area contributed by atoms with Crippen molar-refractivity contribution in [1.82, 2.24) is 24.2 Å². The number of rotatable bonds is 5. The van der Waals surface area contributed by atoms with E-state index in [1.165, 1.54) is 17.6 Å². The fourth-order valence-corrected chi connectivity index (χ4v) is 4.29. The summed E-state index contributed by atoms with van der Waals surface area (Å²) in [6, 6.07) is 3.67. The van der Waals surface area contributed by atoms with Crippen molar-refractivity contribution in [3.8, 4) is 11.5 Å². The number of carbonyl (C=O) groups is 1. The van der Waals surface area contributed by atoms with Gasteiger partial charge in [-0.1, -0.05) is 0 Å². The molecule has 0 aromatic carbocycles. The van der Waals surface area contributed by atoms with Gasteiger partial charge in [-0.15, -0.1) is 0 Å². The lowest BCUT2D eigenvalue weighted by molar-refractivity contribution is -0.141. The maximum absolute atomic E-state index is 12.7. The molecule has 1 fully saturated rings. The number of ether oxygens (including phenoxy) is 1. The number of aromatic nitrogens is 4. The maximum atomic E-state index is 12.7. The highest BCUT2D eigenvalue weighted by atomic mass is 79.9. The van der Waals surface area contributed by atoms with Gasteiger partial charge in [-0.2, -0.15) is 17.5 Å². The molecule has 1 N–H and O–H groups in total. The lowest BCUT2D eigenvalue weighted by Crippen LogP contribution is -2.36. The van der Waals surface area contributed by atoms with Crippen LogP contribution < -0.4 is 10.1 Å². The minimum atomic E-state index is -4.53. The summed E-state index contributed by atoms with van der Waals surface area (Å²) in [6.07, 6.45) is -0.381. The second-order valence-electron chi connectivity index (χ2n) is 7.34. The molecule has 8 nitrogen and oxygen atoms in total. The van der Waals surface area contributed by atoms with Gasteiger partial charge in [-0.05, 0) is 40.9 Å². The van der Waals surface area contributed by atoms with Crippen LogP contribution in [0.15, 0.2) is 35.1 Å². The van der Waals surface area contributed by atoms with Crippen molar-refractivity contribution in [2.24, 2.45) is 0 Å². The molecule has 4 heterocycles. The fraction of sp³-hybridized carbons (Fsp3) is 0.350. The second kappa shape index (κ2) is 9.59. The number of halogens is 4. The van der Waals surface area contributed by atoms with Gasteiger partial charge < -0.3 is 15.0 Å². The van der Waals surface area contributed by atoms with Crippen molar-refractivity contribution in [2.75, 3.05) is 18.4 Å². The average Bonchev–Trinajstić information content (AvgIpc) is 3.24. The molecule has 0 saturated carbocycles. The van der Waals surface area contributed by atoms with Crippen LogP contribution in [0.3, 0.4) is 0 Å². The molecule has 1 aliphatic rings. The Morgan fingerprint density at radius 3 is 2.64 bits per heavy atom. The number of carbonyl (C=O) groups excluding carboxylic acids is 1. The Morgan fingerprint density at radius 1 is 1.24 bits per heavy atom. The molecule has 1 amide bonds. The minimum Gasteiger partial charge on any atom is -0.452 e. The van der Waals surface area contributed by atoms with Crippen LogP contribution in [0.1, 0.15) is 37.2 Å². The Hall–Kier alpha value is -2.80. The Kier molecular flexibility index (Phi) is 6.79. The number of nitrogens with one attached hydrogen (secondary N) is 1. The van der Waals surface area contributed by atoms with Gasteiger partial charge >= 0.3 is 6.18 Å². The summed E-state index contributed by atoms with van der Waals surface area (Å²) in [6.45, 7) is 2.92. The third-order valence-electron chi connectivity index (χ3n) is 5.05. The molecule has 0 spiro atoms. The molecular weight excluding hydrogens is 525 g/mol. The van der Waals surface area contributed by atoms with Crippen molar-refractivity contribution >= 4 is 44.3 Å². The Labute approximate surface area is 199 Å². The van der Waals surface area contributed by atoms with Crippen LogP contribution in [0.25, 0.3) is 0 Å². The quantitative estimate of drug-likeness (QED) is 0.463. The van der Waals surface area contributed by atoms with Gasteiger partial charge in [0.1, 0.15) is 17.3 Å². The summed E-state index contributed by atoms with van der Waals surface area (Å²) in [5.74, 6) is 1.67. The predicted octanol–water partition coefficient (Wildman–Crippen LogP) is 5.37. The van der Waals surface area contributed by atoms with E-state index < -0.39 is 11.9 Å². The molecule has 3 aromatic heterocycles. The SMILES string of the molecule is CC(=O)N1CCC(c2nsc(Nc3ncc(Br)cc3Oc3ccc(C(F)(F)F)nc3)n2)CC1. The number of piperidine rings is 1. The Bertz CT molecular complexity index is 1130. The van der Waals surface area contributed by atoms with Crippen LogP contribution in [0, 0.1) is 0 Å². The number of alkyl halides is 3. The lowest BCUT2D eigenvalue weighted by Gasteiger charge is -2.29. The summed E-state index contributed by atoms with van der Waals surface area (Å²) in [5.41, 5.74) is -1.00. The lowest BCUT2D eigenvalue weighted by atomic mass is 9.96. The zero-order valence-corrected chi connectivity index (χ0v) is 19.7. The van der Waals surface area contributed by atoms with Gasteiger partial charge in [-0.25, -0.2) is 15.0 Å². The smallest absolute Gasteiger partial charge is 0.433 e. The zero-order chi connectivity index (χ0) is 23.6. The molecular formula is C20H18BrF3N6O2S. The fourth-order valence-electron chi connectivity index (χ4n) is 3.33. The maximum Gasteiger partial charge on any atom is 0.433 e. The van der Waals surface area contributed by atoms with Gasteiger partial charge in [0.05, 0.1) is 6.20 Å². The van der Waals surface area contributed by atoms with Gasteiger partial charge in [0, 0.05) is 54.2 Å². The predicted molar refractivity (Wildman–Crippen MR) is 119 cm³/mol.